The number of rotatable bonds is 3. The van der Waals surface area contributed by atoms with Gasteiger partial charge in [-0.05, 0) is 39.6 Å². The van der Waals surface area contributed by atoms with Crippen LogP contribution in [0.3, 0.4) is 0 Å². The Morgan fingerprint density at radius 1 is 1.42 bits per heavy atom. The monoisotopic (exact) mass is 343 g/mol. The predicted octanol–water partition coefficient (Wildman–Crippen LogP) is 3.36. The Hall–Kier alpha value is -0.233. The van der Waals surface area contributed by atoms with Crippen LogP contribution in [-0.4, -0.2) is 25.2 Å². The van der Waals surface area contributed by atoms with Crippen LogP contribution in [0.25, 0.3) is 0 Å². The number of hydrogen-bond acceptors (Lipinski definition) is 3. The van der Waals surface area contributed by atoms with Crippen molar-refractivity contribution in [3.63, 3.8) is 0 Å². The maximum Gasteiger partial charge on any atom is 0.180 e. The third kappa shape index (κ3) is 3.27. The fourth-order valence-corrected chi connectivity index (χ4v) is 3.81. The molecule has 1 aliphatic rings. The lowest BCUT2D eigenvalue weighted by molar-refractivity contribution is -0.107. The smallest absolute Gasteiger partial charge is 0.180 e. The van der Waals surface area contributed by atoms with Gasteiger partial charge in [0, 0.05) is 23.5 Å². The molecule has 0 amide bonds. The number of aliphatic hydroxyl groups excluding tert-OH is 1. The first-order chi connectivity index (χ1) is 8.73. The van der Waals surface area contributed by atoms with Crippen molar-refractivity contribution < 1.29 is 9.53 Å². The average Bonchev–Trinajstić information content (AvgIpc) is 2.26. The van der Waals surface area contributed by atoms with Crippen LogP contribution in [0.15, 0.2) is 22.8 Å². The summed E-state index contributed by atoms with van der Waals surface area (Å²) >= 11 is 3.40. The van der Waals surface area contributed by atoms with Crippen LogP contribution >= 0.6 is 15.9 Å². The molecule has 1 unspecified atom stereocenters. The maximum absolute atomic E-state index is 9.71. The van der Waals surface area contributed by atoms with Gasteiger partial charge in [-0.1, -0.05) is 20.8 Å². The van der Waals surface area contributed by atoms with Gasteiger partial charge in [-0.2, -0.15) is 0 Å². The zero-order chi connectivity index (χ0) is 14.3. The van der Waals surface area contributed by atoms with Crippen LogP contribution in [0.5, 0.6) is 0 Å². The highest BCUT2D eigenvalue weighted by atomic mass is 79.9. The summed E-state index contributed by atoms with van der Waals surface area (Å²) < 4.78 is 7.40. The minimum absolute atomic E-state index is 0.211. The van der Waals surface area contributed by atoms with Crippen molar-refractivity contribution in [3.05, 3.63) is 28.5 Å². The van der Waals surface area contributed by atoms with E-state index in [0.717, 1.165) is 10.2 Å². The van der Waals surface area contributed by atoms with E-state index in [4.69, 9.17) is 4.43 Å². The molecule has 106 valence electrons. The van der Waals surface area contributed by atoms with E-state index in [-0.39, 0.29) is 16.7 Å². The molecule has 0 aromatic carbocycles. The molecule has 1 N–H and O–H groups in total. The Morgan fingerprint density at radius 2 is 2.05 bits per heavy atom. The third-order valence-corrected chi connectivity index (χ3v) is 7.66. The van der Waals surface area contributed by atoms with Crippen molar-refractivity contribution in [3.8, 4) is 0 Å². The molecule has 0 saturated heterocycles. The number of pyridine rings is 1. The summed E-state index contributed by atoms with van der Waals surface area (Å²) in [5.74, 6) is 0. The van der Waals surface area contributed by atoms with Crippen molar-refractivity contribution >= 4 is 25.0 Å². The Morgan fingerprint density at radius 3 is 2.47 bits per heavy atom. The number of aliphatic hydroxyl groups is 1. The zero-order valence-corrected chi connectivity index (χ0v) is 14.7. The highest BCUT2D eigenvalue weighted by Gasteiger charge is 2.49. The van der Waals surface area contributed by atoms with Gasteiger partial charge in [0.1, 0.15) is 5.60 Å². The molecule has 3 nitrogen and oxygen atoms in total. The van der Waals surface area contributed by atoms with Crippen molar-refractivity contribution in [2.45, 2.75) is 56.9 Å². The Bertz CT molecular complexity index is 438. The molecule has 1 atom stereocenters. The molecule has 0 radical (unpaired) electrons. The second-order valence-electron chi connectivity index (χ2n) is 6.54. The van der Waals surface area contributed by atoms with E-state index >= 15 is 0 Å². The average molecular weight is 344 g/mol. The molecule has 1 saturated carbocycles. The quantitative estimate of drug-likeness (QED) is 0.855. The second kappa shape index (κ2) is 5.28. The molecule has 1 fully saturated rings. The number of nitrogens with zero attached hydrogens (tertiary/aromatic N) is 1. The van der Waals surface area contributed by atoms with Crippen LogP contribution in [0, 0.1) is 0 Å². The second-order valence-corrected chi connectivity index (χ2v) is 10.7. The molecule has 0 aliphatic heterocycles. The van der Waals surface area contributed by atoms with Gasteiger partial charge < -0.3 is 9.53 Å². The maximum atomic E-state index is 9.71. The molecule has 19 heavy (non-hydrogen) atoms. The first-order valence-electron chi connectivity index (χ1n) is 6.71. The fourth-order valence-electron chi connectivity index (χ4n) is 2.23. The van der Waals surface area contributed by atoms with Gasteiger partial charge in [-0.25, -0.2) is 0 Å². The van der Waals surface area contributed by atoms with E-state index in [1.165, 1.54) is 0 Å². The molecule has 5 heteroatoms. The van der Waals surface area contributed by atoms with Crippen molar-refractivity contribution in [2.75, 3.05) is 0 Å². The highest BCUT2D eigenvalue weighted by molar-refractivity contribution is 9.10. The first kappa shape index (κ1) is 15.2. The SMILES string of the molecule is C[SiH](OC1(c2ccc(Br)cn2)CC(O)C1)C(C)(C)C. The molecule has 1 aliphatic carbocycles. The fraction of sp³-hybridized carbons (Fsp3) is 0.643. The number of halogens is 1. The van der Waals surface area contributed by atoms with Gasteiger partial charge in [0.05, 0.1) is 11.8 Å². The van der Waals surface area contributed by atoms with E-state index in [2.05, 4.69) is 48.2 Å². The molecule has 2 rings (SSSR count). The largest absolute Gasteiger partial charge is 0.409 e. The Balaban J connectivity index is 2.22. The molecular formula is C14H22BrNO2Si. The zero-order valence-electron chi connectivity index (χ0n) is 12.0. The van der Waals surface area contributed by atoms with Crippen molar-refractivity contribution in [1.29, 1.82) is 0 Å². The molecule has 1 aromatic rings. The normalized spacial score (nSPS) is 28.8. The summed E-state index contributed by atoms with van der Waals surface area (Å²) in [4.78, 5) is 4.48. The van der Waals surface area contributed by atoms with Gasteiger partial charge in [0.15, 0.2) is 9.04 Å². The minimum Gasteiger partial charge on any atom is -0.409 e. The van der Waals surface area contributed by atoms with Crippen LogP contribution < -0.4 is 0 Å². The van der Waals surface area contributed by atoms with Gasteiger partial charge in [0.25, 0.3) is 0 Å². The van der Waals surface area contributed by atoms with Crippen molar-refractivity contribution in [1.82, 2.24) is 4.98 Å². The van der Waals surface area contributed by atoms with Crippen LogP contribution in [-0.2, 0) is 10.0 Å². The standard InChI is InChI=1S/C14H22BrNO2Si/c1-13(2,3)19(4)18-14(7-11(17)8-14)12-6-5-10(15)9-16-12/h5-6,9,11,17,19H,7-8H2,1-4H3. The summed E-state index contributed by atoms with van der Waals surface area (Å²) in [6, 6.07) is 3.99. The van der Waals surface area contributed by atoms with Crippen LogP contribution in [0.4, 0.5) is 0 Å². The molecule has 0 bridgehead atoms. The minimum atomic E-state index is -1.35. The van der Waals surface area contributed by atoms with Gasteiger partial charge in [0.2, 0.25) is 0 Å². The van der Waals surface area contributed by atoms with E-state index in [0.29, 0.717) is 12.8 Å². The summed E-state index contributed by atoms with van der Waals surface area (Å²) in [6.45, 7) is 8.90. The topological polar surface area (TPSA) is 42.4 Å². The lowest BCUT2D eigenvalue weighted by Crippen LogP contribution is -2.51. The lowest BCUT2D eigenvalue weighted by Gasteiger charge is -2.48. The Kier molecular flexibility index (Phi) is 4.21. The summed E-state index contributed by atoms with van der Waals surface area (Å²) in [6.07, 6.45) is 2.87. The van der Waals surface area contributed by atoms with Crippen LogP contribution in [0.2, 0.25) is 11.6 Å². The van der Waals surface area contributed by atoms with Gasteiger partial charge in [-0.15, -0.1) is 0 Å². The van der Waals surface area contributed by atoms with Gasteiger partial charge in [-0.3, -0.25) is 4.98 Å². The van der Waals surface area contributed by atoms with E-state index < -0.39 is 9.04 Å². The van der Waals surface area contributed by atoms with Crippen molar-refractivity contribution in [2.24, 2.45) is 0 Å². The molecule has 1 aromatic heterocycles. The van der Waals surface area contributed by atoms with Gasteiger partial charge >= 0.3 is 0 Å². The Labute approximate surface area is 125 Å². The molecule has 1 heterocycles. The van der Waals surface area contributed by atoms with E-state index in [9.17, 15) is 5.11 Å². The number of hydrogen-bond donors (Lipinski definition) is 1. The lowest BCUT2D eigenvalue weighted by atomic mass is 9.75. The molecule has 0 spiro atoms. The molecular weight excluding hydrogens is 322 g/mol. The number of aromatic nitrogens is 1. The third-order valence-electron chi connectivity index (χ3n) is 3.95. The summed E-state index contributed by atoms with van der Waals surface area (Å²) in [5.41, 5.74) is 0.587. The summed E-state index contributed by atoms with van der Waals surface area (Å²) in [5, 5.41) is 9.92. The van der Waals surface area contributed by atoms with E-state index in [1.54, 1.807) is 6.20 Å². The summed E-state index contributed by atoms with van der Waals surface area (Å²) in [7, 11) is -1.35. The first-order valence-corrected chi connectivity index (χ1v) is 9.70. The van der Waals surface area contributed by atoms with Crippen LogP contribution in [0.1, 0.15) is 39.3 Å². The van der Waals surface area contributed by atoms with E-state index in [1.807, 2.05) is 12.1 Å². The highest BCUT2D eigenvalue weighted by Crippen LogP contribution is 2.46. The predicted molar refractivity (Wildman–Crippen MR) is 82.7 cm³/mol.